The van der Waals surface area contributed by atoms with E-state index in [0.717, 1.165) is 35.5 Å². The van der Waals surface area contributed by atoms with E-state index < -0.39 is 0 Å². The first-order chi connectivity index (χ1) is 15.2. The van der Waals surface area contributed by atoms with Crippen LogP contribution >= 0.6 is 0 Å². The molecule has 0 bridgehead atoms. The van der Waals surface area contributed by atoms with Crippen molar-refractivity contribution in [3.05, 3.63) is 78.1 Å². The van der Waals surface area contributed by atoms with Gasteiger partial charge in [-0.15, -0.1) is 0 Å². The quantitative estimate of drug-likeness (QED) is 0.402. The standard InChI is InChI=1S/C22H19FN6.C2H6/c1-14-10-27-29-21(9-20(28-22(14)29)16-8-17(23)13-24-11-16)25-7-6-15-12-26-19-5-3-2-4-18(15)19;1-2/h2-5,8-13,25-26H,6-7H2,1H3;1-2H3. The molecule has 0 aliphatic rings. The second-order valence-electron chi connectivity index (χ2n) is 7.02. The van der Waals surface area contributed by atoms with E-state index in [-0.39, 0.29) is 5.82 Å². The Bertz CT molecular complexity index is 1320. The summed E-state index contributed by atoms with van der Waals surface area (Å²) < 4.78 is 15.4. The number of benzene rings is 1. The predicted molar refractivity (Wildman–Crippen MR) is 123 cm³/mol. The Labute approximate surface area is 180 Å². The number of fused-ring (bicyclic) bond motifs is 2. The first-order valence-electron chi connectivity index (χ1n) is 10.4. The summed E-state index contributed by atoms with van der Waals surface area (Å²) >= 11 is 0. The molecule has 5 aromatic rings. The number of aryl methyl sites for hydroxylation is 1. The van der Waals surface area contributed by atoms with Crippen LogP contribution in [0.1, 0.15) is 25.0 Å². The van der Waals surface area contributed by atoms with E-state index in [2.05, 4.69) is 43.7 Å². The monoisotopic (exact) mass is 416 g/mol. The van der Waals surface area contributed by atoms with Gasteiger partial charge in [-0.1, -0.05) is 32.0 Å². The fourth-order valence-corrected chi connectivity index (χ4v) is 3.56. The SMILES string of the molecule is CC.Cc1cnn2c(NCCc3c[nH]c4ccccc34)cc(-c3cncc(F)c3)nc12. The molecule has 0 saturated carbocycles. The lowest BCUT2D eigenvalue weighted by Gasteiger charge is -2.11. The van der Waals surface area contributed by atoms with Gasteiger partial charge in [-0.3, -0.25) is 4.98 Å². The number of pyridine rings is 1. The molecule has 5 rings (SSSR count). The number of para-hydroxylation sites is 1. The number of anilines is 1. The van der Waals surface area contributed by atoms with Crippen molar-refractivity contribution in [3.63, 3.8) is 0 Å². The van der Waals surface area contributed by atoms with Crippen LogP contribution in [-0.2, 0) is 6.42 Å². The largest absolute Gasteiger partial charge is 0.370 e. The summed E-state index contributed by atoms with van der Waals surface area (Å²) in [6, 6.07) is 11.6. The molecule has 0 atom stereocenters. The number of hydrogen-bond acceptors (Lipinski definition) is 4. The second kappa shape index (κ2) is 8.95. The van der Waals surface area contributed by atoms with E-state index >= 15 is 0 Å². The average molecular weight is 417 g/mol. The first kappa shape index (κ1) is 20.5. The van der Waals surface area contributed by atoms with Crippen molar-refractivity contribution in [2.75, 3.05) is 11.9 Å². The Hall–Kier alpha value is -3.74. The molecule has 158 valence electrons. The summed E-state index contributed by atoms with van der Waals surface area (Å²) in [7, 11) is 0. The zero-order valence-electron chi connectivity index (χ0n) is 17.9. The van der Waals surface area contributed by atoms with Crippen LogP contribution in [0.15, 0.2) is 61.2 Å². The number of rotatable bonds is 5. The smallest absolute Gasteiger partial charge is 0.160 e. The summed E-state index contributed by atoms with van der Waals surface area (Å²) in [4.78, 5) is 11.9. The molecule has 0 fully saturated rings. The highest BCUT2D eigenvalue weighted by molar-refractivity contribution is 5.83. The second-order valence-corrected chi connectivity index (χ2v) is 7.02. The van der Waals surface area contributed by atoms with Gasteiger partial charge in [0.1, 0.15) is 11.6 Å². The summed E-state index contributed by atoms with van der Waals surface area (Å²) in [6.45, 7) is 6.68. The van der Waals surface area contributed by atoms with Crippen LogP contribution in [0.2, 0.25) is 0 Å². The number of nitrogens with zero attached hydrogens (tertiary/aromatic N) is 4. The lowest BCUT2D eigenvalue weighted by atomic mass is 10.1. The topological polar surface area (TPSA) is 70.9 Å². The lowest BCUT2D eigenvalue weighted by molar-refractivity contribution is 0.622. The van der Waals surface area contributed by atoms with Crippen molar-refractivity contribution >= 4 is 22.4 Å². The highest BCUT2D eigenvalue weighted by Crippen LogP contribution is 2.24. The van der Waals surface area contributed by atoms with Crippen molar-refractivity contribution in [1.82, 2.24) is 24.6 Å². The van der Waals surface area contributed by atoms with Gasteiger partial charge < -0.3 is 10.3 Å². The molecule has 31 heavy (non-hydrogen) atoms. The zero-order valence-corrected chi connectivity index (χ0v) is 17.9. The molecule has 0 spiro atoms. The average Bonchev–Trinajstić information content (AvgIpc) is 3.39. The molecular formula is C24H25FN6. The molecule has 0 unspecified atom stereocenters. The molecule has 0 aliphatic carbocycles. The fourth-order valence-electron chi connectivity index (χ4n) is 3.56. The van der Waals surface area contributed by atoms with Gasteiger partial charge in [-0.2, -0.15) is 9.61 Å². The third-order valence-corrected chi connectivity index (χ3v) is 5.02. The third-order valence-electron chi connectivity index (χ3n) is 5.02. The van der Waals surface area contributed by atoms with Gasteiger partial charge >= 0.3 is 0 Å². The van der Waals surface area contributed by atoms with Crippen molar-refractivity contribution in [2.24, 2.45) is 0 Å². The molecule has 0 aliphatic heterocycles. The van der Waals surface area contributed by atoms with Crippen LogP contribution in [0, 0.1) is 12.7 Å². The number of H-pyrrole nitrogens is 1. The molecule has 0 radical (unpaired) electrons. The van der Waals surface area contributed by atoms with E-state index in [1.807, 2.05) is 39.0 Å². The zero-order chi connectivity index (χ0) is 21.8. The molecule has 4 heterocycles. The Morgan fingerprint density at radius 2 is 1.94 bits per heavy atom. The molecule has 4 aromatic heterocycles. The molecular weight excluding hydrogens is 391 g/mol. The van der Waals surface area contributed by atoms with E-state index in [1.165, 1.54) is 23.2 Å². The van der Waals surface area contributed by atoms with Gasteiger partial charge in [0.05, 0.1) is 18.1 Å². The Morgan fingerprint density at radius 1 is 1.10 bits per heavy atom. The van der Waals surface area contributed by atoms with Crippen molar-refractivity contribution in [1.29, 1.82) is 0 Å². The Balaban J connectivity index is 0.00000112. The fraction of sp³-hybridized carbons (Fsp3) is 0.208. The Kier molecular flexibility index (Phi) is 5.93. The summed E-state index contributed by atoms with van der Waals surface area (Å²) in [6.07, 6.45) is 7.48. The third kappa shape index (κ3) is 4.12. The van der Waals surface area contributed by atoms with E-state index in [9.17, 15) is 4.39 Å². The van der Waals surface area contributed by atoms with Crippen molar-refractivity contribution in [2.45, 2.75) is 27.2 Å². The number of nitrogens with one attached hydrogen (secondary N) is 2. The van der Waals surface area contributed by atoms with Gasteiger partial charge in [0.15, 0.2) is 5.65 Å². The van der Waals surface area contributed by atoms with Crippen LogP contribution in [0.4, 0.5) is 10.2 Å². The number of hydrogen-bond donors (Lipinski definition) is 2. The van der Waals surface area contributed by atoms with Gasteiger partial charge in [-0.05, 0) is 31.0 Å². The summed E-state index contributed by atoms with van der Waals surface area (Å²) in [5.41, 5.74) is 5.37. The van der Waals surface area contributed by atoms with E-state index in [0.29, 0.717) is 11.3 Å². The number of halogens is 1. The van der Waals surface area contributed by atoms with Crippen molar-refractivity contribution < 1.29 is 4.39 Å². The highest BCUT2D eigenvalue weighted by Gasteiger charge is 2.12. The van der Waals surface area contributed by atoms with Crippen LogP contribution in [0.3, 0.4) is 0 Å². The minimum atomic E-state index is -0.386. The van der Waals surface area contributed by atoms with Crippen LogP contribution in [-0.4, -0.2) is 31.1 Å². The molecule has 0 amide bonds. The van der Waals surface area contributed by atoms with Crippen LogP contribution < -0.4 is 5.32 Å². The lowest BCUT2D eigenvalue weighted by Crippen LogP contribution is -2.10. The molecule has 1 aromatic carbocycles. The normalized spacial score (nSPS) is 10.8. The van der Waals surface area contributed by atoms with Crippen LogP contribution in [0.5, 0.6) is 0 Å². The van der Waals surface area contributed by atoms with E-state index in [1.54, 1.807) is 16.9 Å². The maximum Gasteiger partial charge on any atom is 0.160 e. The maximum absolute atomic E-state index is 13.6. The minimum Gasteiger partial charge on any atom is -0.370 e. The number of aromatic nitrogens is 5. The minimum absolute atomic E-state index is 0.386. The predicted octanol–water partition coefficient (Wildman–Crippen LogP) is 5.40. The Morgan fingerprint density at radius 3 is 2.77 bits per heavy atom. The number of aromatic amines is 1. The highest BCUT2D eigenvalue weighted by atomic mass is 19.1. The van der Waals surface area contributed by atoms with Gasteiger partial charge in [0.2, 0.25) is 0 Å². The van der Waals surface area contributed by atoms with Gasteiger partial charge in [0.25, 0.3) is 0 Å². The van der Waals surface area contributed by atoms with Crippen molar-refractivity contribution in [3.8, 4) is 11.3 Å². The van der Waals surface area contributed by atoms with Gasteiger partial charge in [-0.25, -0.2) is 9.37 Å². The molecule has 7 heteroatoms. The molecule has 2 N–H and O–H groups in total. The molecule has 0 saturated heterocycles. The van der Waals surface area contributed by atoms with Gasteiger partial charge in [0, 0.05) is 47.0 Å². The summed E-state index contributed by atoms with van der Waals surface area (Å²) in [5, 5.41) is 9.13. The van der Waals surface area contributed by atoms with Crippen LogP contribution in [0.25, 0.3) is 27.8 Å². The molecule has 6 nitrogen and oxygen atoms in total. The first-order valence-corrected chi connectivity index (χ1v) is 10.4. The maximum atomic E-state index is 13.6. The summed E-state index contributed by atoms with van der Waals surface area (Å²) in [5.74, 6) is 0.422. The van der Waals surface area contributed by atoms with E-state index in [4.69, 9.17) is 0 Å².